The van der Waals surface area contributed by atoms with Gasteiger partial charge in [-0.05, 0) is 32.6 Å². The van der Waals surface area contributed by atoms with Crippen LogP contribution in [0, 0.1) is 0 Å². The Morgan fingerprint density at radius 1 is 1.17 bits per heavy atom. The van der Waals surface area contributed by atoms with Crippen LogP contribution in [0.3, 0.4) is 0 Å². The minimum absolute atomic E-state index is 0.0278. The fourth-order valence-corrected chi connectivity index (χ4v) is 1.77. The molecule has 0 unspecified atom stereocenters. The third kappa shape index (κ3) is 4.47. The number of hydrogen-bond acceptors (Lipinski definition) is 3. The highest BCUT2D eigenvalue weighted by molar-refractivity contribution is 5.82. The minimum atomic E-state index is -0.560. The molecule has 0 fully saturated rings. The van der Waals surface area contributed by atoms with Crippen molar-refractivity contribution in [3.05, 3.63) is 35.9 Å². The van der Waals surface area contributed by atoms with E-state index in [1.165, 1.54) is 0 Å². The number of likely N-dealkylation sites (N-methyl/N-ethyl adjacent to an activating group) is 1. The maximum atomic E-state index is 12.1. The van der Waals surface area contributed by atoms with E-state index in [-0.39, 0.29) is 5.91 Å². The fourth-order valence-electron chi connectivity index (χ4n) is 1.77. The van der Waals surface area contributed by atoms with Gasteiger partial charge in [0, 0.05) is 13.6 Å². The Balaban J connectivity index is 2.48. The van der Waals surface area contributed by atoms with Crippen LogP contribution < -0.4 is 5.73 Å². The standard InChI is InChI=1S/C14H23N3O/c1-16(2)10-7-11-17(3)14(18)13(15)12-8-5-4-6-9-12/h4-6,8-9,13H,7,10-11,15H2,1-3H3/t13-/m0/s1. The normalized spacial score (nSPS) is 12.5. The maximum Gasteiger partial charge on any atom is 0.243 e. The number of nitrogens with two attached hydrogens (primary N) is 1. The quantitative estimate of drug-likeness (QED) is 0.821. The van der Waals surface area contributed by atoms with Crippen molar-refractivity contribution in [2.45, 2.75) is 12.5 Å². The number of hydrogen-bond donors (Lipinski definition) is 1. The third-order valence-corrected chi connectivity index (χ3v) is 2.90. The highest BCUT2D eigenvalue weighted by Gasteiger charge is 2.19. The fraction of sp³-hybridized carbons (Fsp3) is 0.500. The number of nitrogens with zero attached hydrogens (tertiary/aromatic N) is 2. The number of rotatable bonds is 6. The molecule has 0 aliphatic heterocycles. The molecule has 0 aliphatic carbocycles. The average Bonchev–Trinajstić information content (AvgIpc) is 2.37. The van der Waals surface area contributed by atoms with Gasteiger partial charge >= 0.3 is 0 Å². The Morgan fingerprint density at radius 3 is 2.33 bits per heavy atom. The van der Waals surface area contributed by atoms with Crippen molar-refractivity contribution in [2.75, 3.05) is 34.2 Å². The van der Waals surface area contributed by atoms with Crippen LogP contribution in [0.15, 0.2) is 30.3 Å². The second-order valence-electron chi connectivity index (χ2n) is 4.80. The van der Waals surface area contributed by atoms with E-state index >= 15 is 0 Å². The van der Waals surface area contributed by atoms with Crippen molar-refractivity contribution < 1.29 is 4.79 Å². The largest absolute Gasteiger partial charge is 0.344 e. The highest BCUT2D eigenvalue weighted by Crippen LogP contribution is 2.12. The van der Waals surface area contributed by atoms with Crippen LogP contribution in [0.1, 0.15) is 18.0 Å². The summed E-state index contributed by atoms with van der Waals surface area (Å²) >= 11 is 0. The topological polar surface area (TPSA) is 49.6 Å². The molecule has 0 radical (unpaired) electrons. The summed E-state index contributed by atoms with van der Waals surface area (Å²) in [5.74, 6) is -0.0278. The van der Waals surface area contributed by atoms with Gasteiger partial charge in [-0.25, -0.2) is 0 Å². The monoisotopic (exact) mass is 249 g/mol. The van der Waals surface area contributed by atoms with Gasteiger partial charge in [0.05, 0.1) is 0 Å². The number of amides is 1. The molecule has 1 amide bonds. The van der Waals surface area contributed by atoms with Gasteiger partial charge in [0.25, 0.3) is 0 Å². The number of carbonyl (C=O) groups excluding carboxylic acids is 1. The summed E-state index contributed by atoms with van der Waals surface area (Å²) in [6, 6.07) is 8.92. The Hall–Kier alpha value is -1.39. The van der Waals surface area contributed by atoms with Gasteiger partial charge in [0.15, 0.2) is 0 Å². The van der Waals surface area contributed by atoms with Crippen molar-refractivity contribution in [3.63, 3.8) is 0 Å². The van der Waals surface area contributed by atoms with Crippen molar-refractivity contribution in [1.82, 2.24) is 9.80 Å². The first-order chi connectivity index (χ1) is 8.52. The first-order valence-corrected chi connectivity index (χ1v) is 6.22. The van der Waals surface area contributed by atoms with Crippen LogP contribution in [0.2, 0.25) is 0 Å². The summed E-state index contributed by atoms with van der Waals surface area (Å²) in [7, 11) is 5.86. The zero-order valence-electron chi connectivity index (χ0n) is 11.5. The molecule has 1 rings (SSSR count). The summed E-state index contributed by atoms with van der Waals surface area (Å²) in [4.78, 5) is 15.9. The van der Waals surface area contributed by atoms with E-state index in [0.717, 1.165) is 25.1 Å². The minimum Gasteiger partial charge on any atom is -0.344 e. The average molecular weight is 249 g/mol. The van der Waals surface area contributed by atoms with Gasteiger partial charge in [0.2, 0.25) is 5.91 Å². The molecule has 100 valence electrons. The molecule has 0 saturated carbocycles. The highest BCUT2D eigenvalue weighted by atomic mass is 16.2. The third-order valence-electron chi connectivity index (χ3n) is 2.90. The molecule has 4 nitrogen and oxygen atoms in total. The zero-order valence-corrected chi connectivity index (χ0v) is 11.5. The van der Waals surface area contributed by atoms with Crippen LogP contribution >= 0.6 is 0 Å². The second kappa shape index (κ2) is 7.13. The van der Waals surface area contributed by atoms with E-state index in [2.05, 4.69) is 4.90 Å². The molecule has 0 heterocycles. The van der Waals surface area contributed by atoms with Crippen molar-refractivity contribution in [3.8, 4) is 0 Å². The SMILES string of the molecule is CN(C)CCCN(C)C(=O)[C@@H](N)c1ccccc1. The Bertz CT molecular complexity index is 365. The van der Waals surface area contributed by atoms with Crippen LogP contribution in [-0.2, 0) is 4.79 Å². The van der Waals surface area contributed by atoms with Crippen LogP contribution in [-0.4, -0.2) is 49.9 Å². The molecule has 2 N–H and O–H groups in total. The predicted molar refractivity (Wildman–Crippen MR) is 74.2 cm³/mol. The molecule has 0 saturated heterocycles. The lowest BCUT2D eigenvalue weighted by Gasteiger charge is -2.22. The molecular formula is C14H23N3O. The second-order valence-corrected chi connectivity index (χ2v) is 4.80. The lowest BCUT2D eigenvalue weighted by molar-refractivity contribution is -0.131. The zero-order chi connectivity index (χ0) is 13.5. The van der Waals surface area contributed by atoms with Crippen LogP contribution in [0.4, 0.5) is 0 Å². The maximum absolute atomic E-state index is 12.1. The van der Waals surface area contributed by atoms with E-state index in [1.54, 1.807) is 11.9 Å². The first kappa shape index (κ1) is 14.7. The van der Waals surface area contributed by atoms with Crippen LogP contribution in [0.5, 0.6) is 0 Å². The van der Waals surface area contributed by atoms with Gasteiger partial charge < -0.3 is 15.5 Å². The molecule has 0 aromatic heterocycles. The van der Waals surface area contributed by atoms with E-state index in [9.17, 15) is 4.79 Å². The molecule has 1 aromatic rings. The summed E-state index contributed by atoms with van der Waals surface area (Å²) in [6.45, 7) is 1.70. The molecular weight excluding hydrogens is 226 g/mol. The molecule has 0 spiro atoms. The molecule has 1 aromatic carbocycles. The lowest BCUT2D eigenvalue weighted by Crippen LogP contribution is -2.37. The van der Waals surface area contributed by atoms with Gasteiger partial charge in [-0.1, -0.05) is 30.3 Å². The molecule has 18 heavy (non-hydrogen) atoms. The Kier molecular flexibility index (Phi) is 5.82. The van der Waals surface area contributed by atoms with E-state index in [1.807, 2.05) is 44.4 Å². The molecule has 1 atom stereocenters. The van der Waals surface area contributed by atoms with E-state index < -0.39 is 6.04 Å². The van der Waals surface area contributed by atoms with Gasteiger partial charge in [0.1, 0.15) is 6.04 Å². The number of carbonyl (C=O) groups is 1. The van der Waals surface area contributed by atoms with Gasteiger partial charge in [-0.15, -0.1) is 0 Å². The van der Waals surface area contributed by atoms with Crippen LogP contribution in [0.25, 0.3) is 0 Å². The summed E-state index contributed by atoms with van der Waals surface area (Å²) < 4.78 is 0. The Labute approximate surface area is 109 Å². The van der Waals surface area contributed by atoms with E-state index in [0.29, 0.717) is 0 Å². The predicted octanol–water partition coefficient (Wildman–Crippen LogP) is 1.10. The molecule has 4 heteroatoms. The summed E-state index contributed by atoms with van der Waals surface area (Å²) in [5, 5.41) is 0. The first-order valence-electron chi connectivity index (χ1n) is 6.22. The lowest BCUT2D eigenvalue weighted by atomic mass is 10.1. The van der Waals surface area contributed by atoms with Crippen molar-refractivity contribution >= 4 is 5.91 Å². The number of benzene rings is 1. The smallest absolute Gasteiger partial charge is 0.243 e. The summed E-state index contributed by atoms with van der Waals surface area (Å²) in [5.41, 5.74) is 6.83. The van der Waals surface area contributed by atoms with Gasteiger partial charge in [-0.2, -0.15) is 0 Å². The molecule has 0 aliphatic rings. The summed E-state index contributed by atoms with van der Waals surface area (Å²) in [6.07, 6.45) is 0.955. The Morgan fingerprint density at radius 2 is 1.78 bits per heavy atom. The van der Waals surface area contributed by atoms with E-state index in [4.69, 9.17) is 5.73 Å². The van der Waals surface area contributed by atoms with Crippen molar-refractivity contribution in [2.24, 2.45) is 5.73 Å². The van der Waals surface area contributed by atoms with Gasteiger partial charge in [-0.3, -0.25) is 4.79 Å². The molecule has 0 bridgehead atoms. The van der Waals surface area contributed by atoms with Crippen molar-refractivity contribution in [1.29, 1.82) is 0 Å².